The Balaban J connectivity index is 1.35. The summed E-state index contributed by atoms with van der Waals surface area (Å²) in [5.74, 6) is 0. The summed E-state index contributed by atoms with van der Waals surface area (Å²) in [6.45, 7) is 2.21. The molecule has 0 saturated heterocycles. The van der Waals surface area contributed by atoms with Gasteiger partial charge in [-0.2, -0.15) is 0 Å². The molecular weight excluding hydrogens is 510 g/mol. The van der Waals surface area contributed by atoms with Crippen LogP contribution in [0.1, 0.15) is 36.0 Å². The van der Waals surface area contributed by atoms with Crippen molar-refractivity contribution in [1.29, 1.82) is 0 Å². The maximum absolute atomic E-state index is 12.8. The van der Waals surface area contributed by atoms with E-state index >= 15 is 0 Å². The summed E-state index contributed by atoms with van der Waals surface area (Å²) in [5.41, 5.74) is 2.72. The van der Waals surface area contributed by atoms with Crippen LogP contribution in [0.2, 0.25) is 0 Å². The monoisotopic (exact) mass is 547 g/mol. The van der Waals surface area contributed by atoms with Crippen LogP contribution in [0.4, 0.5) is 14.4 Å². The first-order valence-corrected chi connectivity index (χ1v) is 13.4. The molecule has 0 aliphatic heterocycles. The first-order valence-electron chi connectivity index (χ1n) is 13.4. The minimum Gasteiger partial charge on any atom is -0.445 e. The standard InChI is InChI=1S/C31H37N3O6/c35-29(38-23-26-13-4-1-5-14-26)32-19-10-11-21-34(31(37)40-25-28-17-8-3-9-18-28)22-12-20-33-30(36)39-24-27-15-6-2-7-16-27/h1-9,13-18H,10-12,19-25H2,(H,32,35)(H,33,36). The van der Waals surface area contributed by atoms with Crippen molar-refractivity contribution in [1.82, 2.24) is 15.5 Å². The Hall–Kier alpha value is -4.53. The second-order valence-electron chi connectivity index (χ2n) is 9.06. The SMILES string of the molecule is O=C(NCCCCN(CCCNC(=O)OCc1ccccc1)C(=O)OCc1ccccc1)OCc1ccccc1. The number of hydrogen-bond acceptors (Lipinski definition) is 6. The molecule has 40 heavy (non-hydrogen) atoms. The number of amides is 3. The fourth-order valence-electron chi connectivity index (χ4n) is 3.73. The summed E-state index contributed by atoms with van der Waals surface area (Å²) in [6, 6.07) is 28.4. The molecule has 9 nitrogen and oxygen atoms in total. The molecule has 0 unspecified atom stereocenters. The molecule has 2 N–H and O–H groups in total. The van der Waals surface area contributed by atoms with Gasteiger partial charge in [0.1, 0.15) is 19.8 Å². The fourth-order valence-corrected chi connectivity index (χ4v) is 3.73. The molecule has 0 aliphatic rings. The molecule has 0 aliphatic carbocycles. The molecule has 0 aromatic heterocycles. The van der Waals surface area contributed by atoms with Crippen LogP contribution in [0, 0.1) is 0 Å². The van der Waals surface area contributed by atoms with E-state index in [0.29, 0.717) is 45.4 Å². The highest BCUT2D eigenvalue weighted by Gasteiger charge is 2.15. The fraction of sp³-hybridized carbons (Fsp3) is 0.323. The lowest BCUT2D eigenvalue weighted by molar-refractivity contribution is 0.0947. The van der Waals surface area contributed by atoms with E-state index in [9.17, 15) is 14.4 Å². The molecule has 3 aromatic rings. The second-order valence-corrected chi connectivity index (χ2v) is 9.06. The Labute approximate surface area is 235 Å². The lowest BCUT2D eigenvalue weighted by Crippen LogP contribution is -2.36. The van der Waals surface area contributed by atoms with Crippen LogP contribution in [-0.2, 0) is 34.0 Å². The minimum atomic E-state index is -0.507. The van der Waals surface area contributed by atoms with E-state index in [-0.39, 0.29) is 19.8 Å². The Kier molecular flexibility index (Phi) is 13.4. The lowest BCUT2D eigenvalue weighted by Gasteiger charge is -2.22. The molecule has 3 rings (SSSR count). The van der Waals surface area contributed by atoms with Crippen molar-refractivity contribution in [3.63, 3.8) is 0 Å². The van der Waals surface area contributed by atoms with Gasteiger partial charge in [0.2, 0.25) is 0 Å². The van der Waals surface area contributed by atoms with Gasteiger partial charge in [-0.1, -0.05) is 91.0 Å². The van der Waals surface area contributed by atoms with Crippen LogP contribution in [-0.4, -0.2) is 49.4 Å². The number of nitrogens with zero attached hydrogens (tertiary/aromatic N) is 1. The van der Waals surface area contributed by atoms with Crippen molar-refractivity contribution in [3.8, 4) is 0 Å². The molecule has 0 spiro atoms. The third-order valence-electron chi connectivity index (χ3n) is 5.89. The van der Waals surface area contributed by atoms with E-state index in [2.05, 4.69) is 10.6 Å². The summed E-state index contributed by atoms with van der Waals surface area (Å²) >= 11 is 0. The third kappa shape index (κ3) is 12.3. The molecule has 0 heterocycles. The zero-order valence-electron chi connectivity index (χ0n) is 22.6. The van der Waals surface area contributed by atoms with Gasteiger partial charge in [-0.3, -0.25) is 0 Å². The highest BCUT2D eigenvalue weighted by atomic mass is 16.6. The van der Waals surface area contributed by atoms with Gasteiger partial charge in [0.15, 0.2) is 0 Å². The number of carbonyl (C=O) groups is 3. The van der Waals surface area contributed by atoms with Gasteiger partial charge in [0.05, 0.1) is 0 Å². The molecule has 0 atom stereocenters. The number of ether oxygens (including phenoxy) is 3. The second kappa shape index (κ2) is 17.9. The molecule has 212 valence electrons. The van der Waals surface area contributed by atoms with Crippen LogP contribution in [0.5, 0.6) is 0 Å². The predicted molar refractivity (Wildman–Crippen MR) is 151 cm³/mol. The van der Waals surface area contributed by atoms with Gasteiger partial charge in [-0.25, -0.2) is 14.4 Å². The van der Waals surface area contributed by atoms with E-state index in [1.807, 2.05) is 91.0 Å². The molecular formula is C31H37N3O6. The zero-order valence-corrected chi connectivity index (χ0v) is 22.6. The normalized spacial score (nSPS) is 10.3. The van der Waals surface area contributed by atoms with Gasteiger partial charge in [0, 0.05) is 26.2 Å². The number of unbranched alkanes of at least 4 members (excludes halogenated alkanes) is 1. The van der Waals surface area contributed by atoms with E-state index in [1.54, 1.807) is 4.90 Å². The molecule has 0 saturated carbocycles. The lowest BCUT2D eigenvalue weighted by atomic mass is 10.2. The summed E-state index contributed by atoms with van der Waals surface area (Å²) < 4.78 is 15.9. The Morgan fingerprint density at radius 2 is 0.925 bits per heavy atom. The van der Waals surface area contributed by atoms with Crippen LogP contribution < -0.4 is 10.6 Å². The maximum Gasteiger partial charge on any atom is 0.410 e. The molecule has 0 radical (unpaired) electrons. The largest absolute Gasteiger partial charge is 0.445 e. The quantitative estimate of drug-likeness (QED) is 0.188. The van der Waals surface area contributed by atoms with Crippen molar-refractivity contribution in [2.45, 2.75) is 39.1 Å². The van der Waals surface area contributed by atoms with Crippen LogP contribution in [0.15, 0.2) is 91.0 Å². The molecule has 3 amide bonds. The number of alkyl carbamates (subject to hydrolysis) is 2. The number of benzene rings is 3. The van der Waals surface area contributed by atoms with Crippen molar-refractivity contribution in [2.24, 2.45) is 0 Å². The van der Waals surface area contributed by atoms with Crippen molar-refractivity contribution in [3.05, 3.63) is 108 Å². The van der Waals surface area contributed by atoms with Gasteiger partial charge in [-0.15, -0.1) is 0 Å². The maximum atomic E-state index is 12.8. The number of nitrogens with one attached hydrogen (secondary N) is 2. The molecule has 3 aromatic carbocycles. The predicted octanol–water partition coefficient (Wildman–Crippen LogP) is 5.65. The Bertz CT molecular complexity index is 1150. The topological polar surface area (TPSA) is 106 Å². The average molecular weight is 548 g/mol. The molecule has 0 fully saturated rings. The number of carbonyl (C=O) groups excluding carboxylic acids is 3. The average Bonchev–Trinajstić information content (AvgIpc) is 3.00. The molecule has 9 heteroatoms. The number of rotatable bonds is 15. The van der Waals surface area contributed by atoms with Gasteiger partial charge in [0.25, 0.3) is 0 Å². The van der Waals surface area contributed by atoms with Gasteiger partial charge < -0.3 is 29.7 Å². The summed E-state index contributed by atoms with van der Waals surface area (Å²) in [4.78, 5) is 38.3. The highest BCUT2D eigenvalue weighted by molar-refractivity contribution is 5.68. The number of hydrogen-bond donors (Lipinski definition) is 2. The first-order chi connectivity index (χ1) is 19.6. The van der Waals surface area contributed by atoms with Gasteiger partial charge >= 0.3 is 18.3 Å². The summed E-state index contributed by atoms with van der Waals surface area (Å²) in [5, 5.41) is 5.45. The zero-order chi connectivity index (χ0) is 28.3. The van der Waals surface area contributed by atoms with Crippen molar-refractivity contribution >= 4 is 18.3 Å². The first kappa shape index (κ1) is 30.0. The van der Waals surface area contributed by atoms with Crippen LogP contribution in [0.25, 0.3) is 0 Å². The van der Waals surface area contributed by atoms with E-state index in [0.717, 1.165) is 16.7 Å². The van der Waals surface area contributed by atoms with E-state index in [1.165, 1.54) is 0 Å². The smallest absolute Gasteiger partial charge is 0.410 e. The minimum absolute atomic E-state index is 0.176. The van der Waals surface area contributed by atoms with Crippen LogP contribution >= 0.6 is 0 Å². The summed E-state index contributed by atoms with van der Waals surface area (Å²) in [6.07, 6.45) is 0.440. The van der Waals surface area contributed by atoms with Gasteiger partial charge in [-0.05, 0) is 36.0 Å². The molecule has 0 bridgehead atoms. The highest BCUT2D eigenvalue weighted by Crippen LogP contribution is 2.06. The van der Waals surface area contributed by atoms with E-state index in [4.69, 9.17) is 14.2 Å². The van der Waals surface area contributed by atoms with E-state index < -0.39 is 18.3 Å². The Morgan fingerprint density at radius 3 is 1.40 bits per heavy atom. The summed E-state index contributed by atoms with van der Waals surface area (Å²) in [7, 11) is 0. The van der Waals surface area contributed by atoms with Crippen molar-refractivity contribution < 1.29 is 28.6 Å². The van der Waals surface area contributed by atoms with Crippen molar-refractivity contribution in [2.75, 3.05) is 26.2 Å². The van der Waals surface area contributed by atoms with Crippen LogP contribution in [0.3, 0.4) is 0 Å². The Morgan fingerprint density at radius 1 is 0.525 bits per heavy atom. The third-order valence-corrected chi connectivity index (χ3v) is 5.89.